The van der Waals surface area contributed by atoms with Crippen LogP contribution in [0.1, 0.15) is 44.1 Å². The number of carbonyl (C=O) groups is 5. The maximum Gasteiger partial charge on any atom is 0.303 e. The number of aliphatic carboxylic acids is 2. The number of Topliss-reactive ketones (excluding diaryl/α,β-unsaturated/α-hetero) is 1. The highest BCUT2D eigenvalue weighted by atomic mass is 32.1. The van der Waals surface area contributed by atoms with Crippen LogP contribution in [0.15, 0.2) is 60.7 Å². The predicted octanol–water partition coefficient (Wildman–Crippen LogP) is 4.90. The van der Waals surface area contributed by atoms with E-state index in [1.54, 1.807) is 22.7 Å². The average Bonchev–Trinajstić information content (AvgIpc) is 3.64. The third-order valence-corrected chi connectivity index (χ3v) is 9.26. The number of nitrogens with one attached hydrogen (secondary N) is 1. The first-order valence-corrected chi connectivity index (χ1v) is 15.3. The first-order chi connectivity index (χ1) is 20.6. The molecule has 0 saturated carbocycles. The van der Waals surface area contributed by atoms with Gasteiger partial charge in [-0.1, -0.05) is 36.4 Å². The maximum absolute atomic E-state index is 12.9. The van der Waals surface area contributed by atoms with Gasteiger partial charge in [-0.15, -0.1) is 22.7 Å². The standard InChI is InChI=1S/C31H31N3O7S2/c32-30(41)20(10-15-28(37)38)17-23(35)21(11-16-29(39)40)33-27(36)14-7-18-5-8-19(9-6-18)24-12-13-26(42-24)31-34-22-3-1-2-4-25(22)43-31/h1-6,8-9,12-13,20-21H,7,10-11,14-17H2,(H2,32,41)(H,33,36)(H,37,38)(H,39,40)/t20?,21-/m0/s1. The summed E-state index contributed by atoms with van der Waals surface area (Å²) in [5.74, 6) is -5.11. The zero-order chi connectivity index (χ0) is 30.9. The molecule has 10 nitrogen and oxygen atoms in total. The maximum atomic E-state index is 12.9. The minimum atomic E-state index is -1.14. The number of nitrogens with two attached hydrogens (primary N) is 1. The fourth-order valence-electron chi connectivity index (χ4n) is 4.55. The second-order valence-electron chi connectivity index (χ2n) is 10.1. The largest absolute Gasteiger partial charge is 0.481 e. The number of thiophene rings is 1. The van der Waals surface area contributed by atoms with Gasteiger partial charge < -0.3 is 21.3 Å². The van der Waals surface area contributed by atoms with Crippen LogP contribution in [-0.2, 0) is 30.4 Å². The number of nitrogens with zero attached hydrogens (tertiary/aromatic N) is 1. The molecule has 224 valence electrons. The van der Waals surface area contributed by atoms with E-state index >= 15 is 0 Å². The van der Waals surface area contributed by atoms with Crippen LogP contribution in [0.2, 0.25) is 0 Å². The number of fused-ring (bicyclic) bond motifs is 1. The zero-order valence-electron chi connectivity index (χ0n) is 23.2. The molecule has 43 heavy (non-hydrogen) atoms. The van der Waals surface area contributed by atoms with E-state index in [1.165, 1.54) is 0 Å². The Kier molecular flexibility index (Phi) is 10.7. The number of hydrogen-bond acceptors (Lipinski definition) is 8. The topological polar surface area (TPSA) is 177 Å². The molecule has 0 spiro atoms. The summed E-state index contributed by atoms with van der Waals surface area (Å²) in [4.78, 5) is 66.2. The van der Waals surface area contributed by atoms with Gasteiger partial charge in [-0.3, -0.25) is 24.0 Å². The van der Waals surface area contributed by atoms with Crippen molar-refractivity contribution in [3.05, 3.63) is 66.2 Å². The van der Waals surface area contributed by atoms with Crippen molar-refractivity contribution < 1.29 is 34.2 Å². The summed E-state index contributed by atoms with van der Waals surface area (Å²) < 4.78 is 1.14. The highest BCUT2D eigenvalue weighted by molar-refractivity contribution is 7.26. The number of carbonyl (C=O) groups excluding carboxylic acids is 3. The van der Waals surface area contributed by atoms with Crippen molar-refractivity contribution in [1.29, 1.82) is 0 Å². The SMILES string of the molecule is NC(=O)C(CCC(=O)O)CC(=O)[C@H](CCC(=O)O)NC(=O)CCc1ccc(-c2ccc(-c3nc4ccccc4s3)s2)cc1. The van der Waals surface area contributed by atoms with Crippen molar-refractivity contribution in [3.8, 4) is 20.3 Å². The molecular weight excluding hydrogens is 590 g/mol. The molecule has 12 heteroatoms. The van der Waals surface area contributed by atoms with Gasteiger partial charge in [0.25, 0.3) is 0 Å². The molecule has 1 unspecified atom stereocenters. The number of aryl methyl sites for hydroxylation is 1. The molecule has 2 aromatic heterocycles. The Morgan fingerprint density at radius 3 is 2.16 bits per heavy atom. The van der Waals surface area contributed by atoms with Gasteiger partial charge in [0.1, 0.15) is 5.01 Å². The number of benzene rings is 2. The monoisotopic (exact) mass is 621 g/mol. The van der Waals surface area contributed by atoms with E-state index in [1.807, 2.05) is 42.5 Å². The molecule has 0 saturated heterocycles. The fraction of sp³-hybridized carbons (Fsp3) is 0.290. The highest BCUT2D eigenvalue weighted by Gasteiger charge is 2.27. The van der Waals surface area contributed by atoms with Gasteiger partial charge in [-0.25, -0.2) is 4.98 Å². The van der Waals surface area contributed by atoms with Crippen LogP contribution in [-0.4, -0.2) is 50.8 Å². The van der Waals surface area contributed by atoms with Gasteiger partial charge in [0, 0.05) is 36.5 Å². The first-order valence-electron chi connectivity index (χ1n) is 13.7. The number of para-hydroxylation sites is 1. The van der Waals surface area contributed by atoms with Crippen molar-refractivity contribution in [3.63, 3.8) is 0 Å². The molecule has 0 bridgehead atoms. The lowest BCUT2D eigenvalue weighted by Crippen LogP contribution is -2.43. The molecule has 0 aliphatic carbocycles. The number of aromatic nitrogens is 1. The number of primary amides is 1. The third-order valence-electron chi connectivity index (χ3n) is 6.92. The van der Waals surface area contributed by atoms with E-state index in [0.717, 1.165) is 36.1 Å². The van der Waals surface area contributed by atoms with Crippen LogP contribution in [0.4, 0.5) is 0 Å². The Balaban J connectivity index is 1.33. The molecule has 0 fully saturated rings. The molecule has 2 amide bonds. The summed E-state index contributed by atoms with van der Waals surface area (Å²) in [6.45, 7) is 0. The Bertz CT molecular complexity index is 1590. The second-order valence-corrected chi connectivity index (χ2v) is 12.2. The van der Waals surface area contributed by atoms with E-state index < -0.39 is 41.5 Å². The zero-order valence-corrected chi connectivity index (χ0v) is 24.8. The number of ketones is 1. The molecule has 0 aliphatic heterocycles. The molecule has 2 aromatic carbocycles. The van der Waals surface area contributed by atoms with Crippen molar-refractivity contribution in [2.75, 3.05) is 0 Å². The highest BCUT2D eigenvalue weighted by Crippen LogP contribution is 2.38. The number of amides is 2. The van der Waals surface area contributed by atoms with E-state index in [0.29, 0.717) is 6.42 Å². The Morgan fingerprint density at radius 1 is 0.814 bits per heavy atom. The van der Waals surface area contributed by atoms with Crippen molar-refractivity contribution in [1.82, 2.24) is 10.3 Å². The molecule has 4 aromatic rings. The van der Waals surface area contributed by atoms with Crippen LogP contribution in [0, 0.1) is 5.92 Å². The lowest BCUT2D eigenvalue weighted by atomic mass is 9.92. The Morgan fingerprint density at radius 2 is 1.49 bits per heavy atom. The third kappa shape index (κ3) is 9.03. The van der Waals surface area contributed by atoms with E-state index in [4.69, 9.17) is 20.9 Å². The number of carboxylic acid groups (broad SMARTS) is 2. The summed E-state index contributed by atoms with van der Waals surface area (Å²) in [6, 6.07) is 18.9. The quantitative estimate of drug-likeness (QED) is 0.137. The van der Waals surface area contributed by atoms with Crippen molar-refractivity contribution in [2.45, 2.75) is 51.0 Å². The molecule has 2 atom stereocenters. The molecule has 0 radical (unpaired) electrons. The lowest BCUT2D eigenvalue weighted by molar-refractivity contribution is -0.139. The molecular formula is C31H31N3O7S2. The van der Waals surface area contributed by atoms with Gasteiger partial charge >= 0.3 is 11.9 Å². The van der Waals surface area contributed by atoms with Gasteiger partial charge in [-0.2, -0.15) is 0 Å². The fourth-order valence-corrected chi connectivity index (χ4v) is 6.59. The smallest absolute Gasteiger partial charge is 0.303 e. The summed E-state index contributed by atoms with van der Waals surface area (Å²) >= 11 is 3.31. The van der Waals surface area contributed by atoms with E-state index in [-0.39, 0.29) is 38.5 Å². The van der Waals surface area contributed by atoms with Gasteiger partial charge in [-0.05, 0) is 54.7 Å². The van der Waals surface area contributed by atoms with E-state index in [9.17, 15) is 24.0 Å². The molecule has 5 N–H and O–H groups in total. The summed E-state index contributed by atoms with van der Waals surface area (Å²) in [6.07, 6.45) is -0.900. The van der Waals surface area contributed by atoms with Crippen LogP contribution in [0.5, 0.6) is 0 Å². The number of thiazole rings is 1. The second kappa shape index (κ2) is 14.7. The van der Waals surface area contributed by atoms with Crippen molar-refractivity contribution >= 4 is 62.4 Å². The van der Waals surface area contributed by atoms with Gasteiger partial charge in [0.2, 0.25) is 11.8 Å². The van der Waals surface area contributed by atoms with Gasteiger partial charge in [0.05, 0.1) is 21.1 Å². The summed E-state index contributed by atoms with van der Waals surface area (Å²) in [7, 11) is 0. The Hall–Kier alpha value is -4.42. The Labute approximate surface area is 255 Å². The summed E-state index contributed by atoms with van der Waals surface area (Å²) in [5, 5.41) is 21.5. The normalized spacial score (nSPS) is 12.5. The van der Waals surface area contributed by atoms with Crippen LogP contribution in [0.25, 0.3) is 30.5 Å². The lowest BCUT2D eigenvalue weighted by Gasteiger charge is -2.19. The van der Waals surface area contributed by atoms with Crippen LogP contribution in [0.3, 0.4) is 0 Å². The first kappa shape index (κ1) is 31.5. The minimum absolute atomic E-state index is 0.0647. The number of rotatable bonds is 16. The number of carboxylic acids is 2. The molecule has 0 aliphatic rings. The molecule has 4 rings (SSSR count). The van der Waals surface area contributed by atoms with E-state index in [2.05, 4.69) is 23.5 Å². The van der Waals surface area contributed by atoms with Crippen LogP contribution < -0.4 is 11.1 Å². The summed E-state index contributed by atoms with van der Waals surface area (Å²) in [5.41, 5.74) is 8.26. The molecule has 2 heterocycles. The number of hydrogen-bond donors (Lipinski definition) is 4. The average molecular weight is 622 g/mol. The minimum Gasteiger partial charge on any atom is -0.481 e. The van der Waals surface area contributed by atoms with Crippen molar-refractivity contribution in [2.24, 2.45) is 11.7 Å². The van der Waals surface area contributed by atoms with Crippen LogP contribution >= 0.6 is 22.7 Å². The predicted molar refractivity (Wildman–Crippen MR) is 165 cm³/mol. The van der Waals surface area contributed by atoms with Gasteiger partial charge in [0.15, 0.2) is 5.78 Å².